The number of nitrogens with zero attached hydrogens (tertiary/aromatic N) is 2. The van der Waals surface area contributed by atoms with Gasteiger partial charge >= 0.3 is 0 Å². The highest BCUT2D eigenvalue weighted by atomic mass is 32.2. The van der Waals surface area contributed by atoms with Crippen LogP contribution < -0.4 is 0 Å². The molecule has 2 heterocycles. The number of aromatic amines is 1. The lowest BCUT2D eigenvalue weighted by Crippen LogP contribution is -2.01. The number of benzene rings is 2. The standard InChI is InChI=1S/C24H20FN3O2S/c25-20-6-2-19(3-7-20)24-22(17-10-12-26-13-11-17)16-23(27-24)18-4-8-21(9-5-18)31-15-1-14-28(29)30/h2-13,16,27H,1,14-15H2. The van der Waals surface area contributed by atoms with Crippen LogP contribution in [-0.2, 0) is 0 Å². The van der Waals surface area contributed by atoms with Gasteiger partial charge in [0.2, 0.25) is 6.54 Å². The number of nitrogens with one attached hydrogen (secondary N) is 1. The van der Waals surface area contributed by atoms with Crippen molar-refractivity contribution in [3.05, 3.63) is 95.1 Å². The van der Waals surface area contributed by atoms with Gasteiger partial charge in [0, 0.05) is 45.6 Å². The summed E-state index contributed by atoms with van der Waals surface area (Å²) in [4.78, 5) is 18.8. The van der Waals surface area contributed by atoms with Gasteiger partial charge in [-0.3, -0.25) is 15.1 Å². The summed E-state index contributed by atoms with van der Waals surface area (Å²) < 4.78 is 13.4. The maximum absolute atomic E-state index is 13.4. The average Bonchev–Trinajstić information content (AvgIpc) is 3.24. The van der Waals surface area contributed by atoms with Gasteiger partial charge in [-0.25, -0.2) is 4.39 Å². The molecule has 31 heavy (non-hydrogen) atoms. The van der Waals surface area contributed by atoms with Gasteiger partial charge in [0.25, 0.3) is 0 Å². The van der Waals surface area contributed by atoms with Crippen LogP contribution in [-0.4, -0.2) is 27.2 Å². The van der Waals surface area contributed by atoms with Gasteiger partial charge < -0.3 is 4.98 Å². The third-order valence-corrected chi connectivity index (χ3v) is 5.96. The molecule has 0 atom stereocenters. The summed E-state index contributed by atoms with van der Waals surface area (Å²) >= 11 is 1.61. The first-order valence-electron chi connectivity index (χ1n) is 9.84. The Bertz CT molecular complexity index is 1160. The van der Waals surface area contributed by atoms with Crippen LogP contribution in [0.2, 0.25) is 0 Å². The van der Waals surface area contributed by atoms with E-state index >= 15 is 0 Å². The molecule has 0 aliphatic carbocycles. The Morgan fingerprint density at radius 3 is 2.29 bits per heavy atom. The maximum Gasteiger partial charge on any atom is 0.204 e. The van der Waals surface area contributed by atoms with Crippen molar-refractivity contribution in [1.29, 1.82) is 0 Å². The smallest absolute Gasteiger partial charge is 0.204 e. The van der Waals surface area contributed by atoms with Gasteiger partial charge in [-0.15, -0.1) is 11.8 Å². The predicted molar refractivity (Wildman–Crippen MR) is 122 cm³/mol. The van der Waals surface area contributed by atoms with E-state index in [2.05, 4.69) is 16.0 Å². The van der Waals surface area contributed by atoms with Crippen molar-refractivity contribution in [1.82, 2.24) is 9.97 Å². The Morgan fingerprint density at radius 2 is 1.61 bits per heavy atom. The molecule has 0 saturated heterocycles. The van der Waals surface area contributed by atoms with Crippen molar-refractivity contribution >= 4 is 11.8 Å². The van der Waals surface area contributed by atoms with Gasteiger partial charge in [0.05, 0.1) is 5.69 Å². The number of halogens is 1. The van der Waals surface area contributed by atoms with Gasteiger partial charge in [-0.05, 0) is 71.3 Å². The molecule has 5 nitrogen and oxygen atoms in total. The van der Waals surface area contributed by atoms with Gasteiger partial charge in [-0.1, -0.05) is 12.1 Å². The topological polar surface area (TPSA) is 71.8 Å². The zero-order valence-electron chi connectivity index (χ0n) is 16.6. The molecule has 0 unspecified atom stereocenters. The average molecular weight is 434 g/mol. The van der Waals surface area contributed by atoms with E-state index in [9.17, 15) is 14.5 Å². The lowest BCUT2D eigenvalue weighted by Gasteiger charge is -2.04. The molecule has 0 aliphatic heterocycles. The Labute approximate surface area is 183 Å². The van der Waals surface area contributed by atoms with E-state index in [0.29, 0.717) is 12.2 Å². The minimum absolute atomic E-state index is 0.00248. The van der Waals surface area contributed by atoms with Crippen molar-refractivity contribution in [3.63, 3.8) is 0 Å². The molecule has 0 bridgehead atoms. The summed E-state index contributed by atoms with van der Waals surface area (Å²) in [6, 6.07) is 20.5. The molecule has 7 heteroatoms. The fraction of sp³-hybridized carbons (Fsp3) is 0.125. The quantitative estimate of drug-likeness (QED) is 0.153. The van der Waals surface area contributed by atoms with Crippen LogP contribution in [0.1, 0.15) is 6.42 Å². The van der Waals surface area contributed by atoms with Crippen molar-refractivity contribution in [3.8, 4) is 33.6 Å². The van der Waals surface area contributed by atoms with E-state index in [1.54, 1.807) is 36.3 Å². The van der Waals surface area contributed by atoms with Crippen LogP contribution in [0.4, 0.5) is 4.39 Å². The highest BCUT2D eigenvalue weighted by molar-refractivity contribution is 7.99. The highest BCUT2D eigenvalue weighted by Crippen LogP contribution is 2.36. The summed E-state index contributed by atoms with van der Waals surface area (Å²) in [5, 5.41) is 10.4. The summed E-state index contributed by atoms with van der Waals surface area (Å²) in [5.41, 5.74) is 5.84. The molecule has 0 amide bonds. The van der Waals surface area contributed by atoms with Crippen molar-refractivity contribution < 1.29 is 9.31 Å². The van der Waals surface area contributed by atoms with Crippen LogP contribution in [0, 0.1) is 15.9 Å². The van der Waals surface area contributed by atoms with Crippen LogP contribution in [0.25, 0.3) is 33.6 Å². The van der Waals surface area contributed by atoms with Gasteiger partial charge in [0.1, 0.15) is 5.82 Å². The molecule has 1 N–H and O–H groups in total. The Hall–Kier alpha value is -3.45. The van der Waals surface area contributed by atoms with Gasteiger partial charge in [0.15, 0.2) is 0 Å². The predicted octanol–water partition coefficient (Wildman–Crippen LogP) is 6.31. The monoisotopic (exact) mass is 433 g/mol. The normalized spacial score (nSPS) is 10.9. The number of rotatable bonds is 8. The number of H-pyrrole nitrogens is 1. The minimum atomic E-state index is -0.284. The van der Waals surface area contributed by atoms with Gasteiger partial charge in [-0.2, -0.15) is 0 Å². The summed E-state index contributed by atoms with van der Waals surface area (Å²) in [6.45, 7) is -0.00248. The largest absolute Gasteiger partial charge is 0.354 e. The first kappa shape index (κ1) is 20.8. The Kier molecular flexibility index (Phi) is 6.43. The summed E-state index contributed by atoms with van der Waals surface area (Å²) in [5.74, 6) is 0.441. The summed E-state index contributed by atoms with van der Waals surface area (Å²) in [7, 11) is 0. The second kappa shape index (κ2) is 9.57. The number of hydrogen-bond donors (Lipinski definition) is 1. The van der Waals surface area contributed by atoms with Crippen molar-refractivity contribution in [2.24, 2.45) is 0 Å². The van der Waals surface area contributed by atoms with Crippen molar-refractivity contribution in [2.45, 2.75) is 11.3 Å². The summed E-state index contributed by atoms with van der Waals surface area (Å²) in [6.07, 6.45) is 4.05. The molecule has 0 spiro atoms. The second-order valence-corrected chi connectivity index (χ2v) is 8.17. The number of thioether (sulfide) groups is 1. The number of nitro groups is 1. The maximum atomic E-state index is 13.4. The molecule has 4 aromatic rings. The van der Waals surface area contributed by atoms with E-state index in [-0.39, 0.29) is 17.3 Å². The number of hydrogen-bond acceptors (Lipinski definition) is 4. The van der Waals surface area contributed by atoms with E-state index in [1.807, 2.05) is 36.4 Å². The van der Waals surface area contributed by atoms with E-state index in [4.69, 9.17) is 0 Å². The van der Waals surface area contributed by atoms with Crippen LogP contribution in [0.5, 0.6) is 0 Å². The Morgan fingerprint density at radius 1 is 0.935 bits per heavy atom. The molecule has 0 saturated carbocycles. The number of aromatic nitrogens is 2. The highest BCUT2D eigenvalue weighted by Gasteiger charge is 2.13. The molecule has 4 rings (SSSR count). The van der Waals surface area contributed by atoms with E-state index in [0.717, 1.165) is 38.5 Å². The second-order valence-electron chi connectivity index (χ2n) is 7.00. The van der Waals surface area contributed by atoms with Crippen LogP contribution in [0.15, 0.2) is 84.0 Å². The van der Waals surface area contributed by atoms with E-state index in [1.165, 1.54) is 12.1 Å². The molecule has 0 fully saturated rings. The Balaban J connectivity index is 1.61. The number of pyridine rings is 1. The van der Waals surface area contributed by atoms with Crippen molar-refractivity contribution in [2.75, 3.05) is 12.3 Å². The molecule has 0 radical (unpaired) electrons. The molecular formula is C24H20FN3O2S. The molecule has 0 aliphatic rings. The molecule has 2 aromatic heterocycles. The lowest BCUT2D eigenvalue weighted by atomic mass is 10.0. The first-order chi connectivity index (χ1) is 15.1. The molecule has 2 aromatic carbocycles. The van der Waals surface area contributed by atoms with E-state index < -0.39 is 0 Å². The zero-order chi connectivity index (χ0) is 21.6. The molecular weight excluding hydrogens is 413 g/mol. The van der Waals surface area contributed by atoms with Crippen LogP contribution in [0.3, 0.4) is 0 Å². The first-order valence-corrected chi connectivity index (χ1v) is 10.8. The third-order valence-electron chi connectivity index (χ3n) is 4.86. The zero-order valence-corrected chi connectivity index (χ0v) is 17.4. The minimum Gasteiger partial charge on any atom is -0.354 e. The molecule has 156 valence electrons. The fourth-order valence-electron chi connectivity index (χ4n) is 3.33. The lowest BCUT2D eigenvalue weighted by molar-refractivity contribution is -0.479. The fourth-order valence-corrected chi connectivity index (χ4v) is 4.17. The SMILES string of the molecule is O=[N+]([O-])CCCSc1ccc(-c2cc(-c3ccncc3)c(-c3ccc(F)cc3)[nH]2)cc1. The van der Waals surface area contributed by atoms with Crippen LogP contribution >= 0.6 is 11.8 Å². The third kappa shape index (κ3) is 5.19.